The molecule has 2 nitrogen and oxygen atoms in total. The van der Waals surface area contributed by atoms with Crippen LogP contribution in [0.1, 0.15) is 30.1 Å². The van der Waals surface area contributed by atoms with Crippen LogP contribution in [-0.2, 0) is 6.42 Å². The van der Waals surface area contributed by atoms with Crippen molar-refractivity contribution in [3.05, 3.63) is 64.1 Å². The lowest BCUT2D eigenvalue weighted by molar-refractivity contribution is 0.0619. The predicted molar refractivity (Wildman–Crippen MR) is 82.9 cm³/mol. The first kappa shape index (κ1) is 13.7. The molecule has 3 heteroatoms. The van der Waals surface area contributed by atoms with Crippen molar-refractivity contribution in [3.63, 3.8) is 0 Å². The fourth-order valence-electron chi connectivity index (χ4n) is 2.64. The van der Waals surface area contributed by atoms with Gasteiger partial charge in [0.2, 0.25) is 0 Å². The number of aliphatic hydroxyl groups is 1. The molecule has 104 valence electrons. The number of aryl methyl sites for hydroxylation is 1. The van der Waals surface area contributed by atoms with Crippen molar-refractivity contribution >= 4 is 15.9 Å². The minimum atomic E-state index is -0.423. The van der Waals surface area contributed by atoms with Crippen LogP contribution in [0.2, 0.25) is 0 Å². The van der Waals surface area contributed by atoms with Crippen LogP contribution in [0.3, 0.4) is 0 Å². The van der Waals surface area contributed by atoms with Gasteiger partial charge in [0.1, 0.15) is 11.9 Å². The molecule has 3 rings (SSSR count). The lowest BCUT2D eigenvalue weighted by atomic mass is 9.95. The van der Waals surface area contributed by atoms with E-state index in [0.29, 0.717) is 6.42 Å². The van der Waals surface area contributed by atoms with Gasteiger partial charge in [-0.1, -0.05) is 52.3 Å². The Morgan fingerprint density at radius 1 is 1.15 bits per heavy atom. The second kappa shape index (κ2) is 5.98. The summed E-state index contributed by atoms with van der Waals surface area (Å²) in [6.45, 7) is 0. The maximum absolute atomic E-state index is 10.2. The van der Waals surface area contributed by atoms with Crippen molar-refractivity contribution in [2.45, 2.75) is 31.5 Å². The number of fused-ring (bicyclic) bond motifs is 1. The molecule has 0 amide bonds. The Morgan fingerprint density at radius 3 is 2.75 bits per heavy atom. The summed E-state index contributed by atoms with van der Waals surface area (Å²) in [5.74, 6) is 0.802. The van der Waals surface area contributed by atoms with E-state index in [2.05, 4.69) is 40.2 Å². The van der Waals surface area contributed by atoms with Crippen molar-refractivity contribution < 1.29 is 9.84 Å². The molecule has 1 heterocycles. The summed E-state index contributed by atoms with van der Waals surface area (Å²) in [6, 6.07) is 16.2. The first-order valence-electron chi connectivity index (χ1n) is 6.90. The van der Waals surface area contributed by atoms with Crippen LogP contribution in [0.25, 0.3) is 0 Å². The van der Waals surface area contributed by atoms with E-state index < -0.39 is 6.10 Å². The fourth-order valence-corrected chi connectivity index (χ4v) is 2.98. The van der Waals surface area contributed by atoms with Crippen LogP contribution in [0.5, 0.6) is 5.75 Å². The summed E-state index contributed by atoms with van der Waals surface area (Å²) >= 11 is 3.44. The Hall–Kier alpha value is -1.32. The molecule has 0 bridgehead atoms. The van der Waals surface area contributed by atoms with Gasteiger partial charge in [-0.2, -0.15) is 0 Å². The van der Waals surface area contributed by atoms with Crippen LogP contribution in [0, 0.1) is 0 Å². The molecule has 2 atom stereocenters. The third kappa shape index (κ3) is 3.05. The van der Waals surface area contributed by atoms with E-state index >= 15 is 0 Å². The average molecular weight is 333 g/mol. The van der Waals surface area contributed by atoms with Gasteiger partial charge in [-0.15, -0.1) is 0 Å². The molecular formula is C17H17BrO2. The molecule has 2 aromatic rings. The highest BCUT2D eigenvalue weighted by molar-refractivity contribution is 9.10. The number of hydrogen-bond acceptors (Lipinski definition) is 2. The zero-order valence-corrected chi connectivity index (χ0v) is 12.7. The zero-order valence-electron chi connectivity index (χ0n) is 11.1. The molecule has 2 aromatic carbocycles. The monoisotopic (exact) mass is 332 g/mol. The Morgan fingerprint density at radius 2 is 1.95 bits per heavy atom. The van der Waals surface area contributed by atoms with Gasteiger partial charge < -0.3 is 9.84 Å². The predicted octanol–water partition coefficient (Wildman–Crippen LogP) is 4.27. The summed E-state index contributed by atoms with van der Waals surface area (Å²) in [7, 11) is 0. The lowest BCUT2D eigenvalue weighted by Gasteiger charge is -2.29. The molecule has 1 N–H and O–H groups in total. The van der Waals surface area contributed by atoms with Crippen LogP contribution in [0.15, 0.2) is 53.0 Å². The second-order valence-electron chi connectivity index (χ2n) is 5.20. The normalized spacial score (nSPS) is 21.1. The van der Waals surface area contributed by atoms with Gasteiger partial charge in [0, 0.05) is 16.5 Å². The number of hydrogen-bond donors (Lipinski definition) is 1. The van der Waals surface area contributed by atoms with Crippen LogP contribution < -0.4 is 4.74 Å². The minimum absolute atomic E-state index is 0.0759. The highest BCUT2D eigenvalue weighted by Gasteiger charge is 2.26. The van der Waals surface area contributed by atoms with E-state index in [1.807, 2.05) is 24.3 Å². The van der Waals surface area contributed by atoms with Crippen molar-refractivity contribution in [3.8, 4) is 5.75 Å². The van der Waals surface area contributed by atoms with Crippen LogP contribution in [-0.4, -0.2) is 11.2 Å². The first-order chi connectivity index (χ1) is 9.72. The molecular weight excluding hydrogens is 316 g/mol. The summed E-state index contributed by atoms with van der Waals surface area (Å²) in [6.07, 6.45) is 2.22. The van der Waals surface area contributed by atoms with Gasteiger partial charge in [-0.25, -0.2) is 0 Å². The van der Waals surface area contributed by atoms with Gasteiger partial charge in [-0.3, -0.25) is 0 Å². The molecule has 0 saturated heterocycles. The Labute approximate surface area is 127 Å². The quantitative estimate of drug-likeness (QED) is 0.909. The summed E-state index contributed by atoms with van der Waals surface area (Å²) < 4.78 is 6.99. The number of ether oxygens (including phenoxy) is 1. The third-order valence-electron chi connectivity index (χ3n) is 3.71. The van der Waals surface area contributed by atoms with Crippen molar-refractivity contribution in [2.24, 2.45) is 0 Å². The maximum atomic E-state index is 10.2. The number of benzene rings is 2. The maximum Gasteiger partial charge on any atom is 0.126 e. The summed E-state index contributed by atoms with van der Waals surface area (Å²) in [5.41, 5.74) is 2.20. The standard InChI is InChI=1S/C17H17BrO2/c18-13-7-9-15-16(19)11-14(20-17(15)10-13)8-6-12-4-2-1-3-5-12/h1-5,7,9-10,14,16,19H,6,8,11H2/t14?,16-/m0/s1. The number of halogens is 1. The van der Waals surface area contributed by atoms with Crippen molar-refractivity contribution in [2.75, 3.05) is 0 Å². The van der Waals surface area contributed by atoms with E-state index in [9.17, 15) is 5.11 Å². The van der Waals surface area contributed by atoms with Gasteiger partial charge in [-0.05, 0) is 30.5 Å². The topological polar surface area (TPSA) is 29.5 Å². The first-order valence-corrected chi connectivity index (χ1v) is 7.70. The van der Waals surface area contributed by atoms with E-state index in [0.717, 1.165) is 28.6 Å². The smallest absolute Gasteiger partial charge is 0.126 e. The molecule has 1 aliphatic heterocycles. The molecule has 0 radical (unpaired) electrons. The fraction of sp³-hybridized carbons (Fsp3) is 0.294. The second-order valence-corrected chi connectivity index (χ2v) is 6.11. The SMILES string of the molecule is O[C@H]1CC(CCc2ccccc2)Oc2cc(Br)ccc21. The van der Waals surface area contributed by atoms with E-state index in [1.165, 1.54) is 5.56 Å². The Kier molecular flexibility index (Phi) is 4.08. The highest BCUT2D eigenvalue weighted by atomic mass is 79.9. The molecule has 0 saturated carbocycles. The van der Waals surface area contributed by atoms with Crippen LogP contribution >= 0.6 is 15.9 Å². The molecule has 0 aromatic heterocycles. The van der Waals surface area contributed by atoms with E-state index in [4.69, 9.17) is 4.74 Å². The molecule has 0 aliphatic carbocycles. The van der Waals surface area contributed by atoms with Crippen LogP contribution in [0.4, 0.5) is 0 Å². The van der Waals surface area contributed by atoms with Gasteiger partial charge in [0.05, 0.1) is 6.10 Å². The van der Waals surface area contributed by atoms with Crippen molar-refractivity contribution in [1.29, 1.82) is 0 Å². The average Bonchev–Trinajstić information content (AvgIpc) is 2.46. The van der Waals surface area contributed by atoms with E-state index in [-0.39, 0.29) is 6.10 Å². The zero-order chi connectivity index (χ0) is 13.9. The van der Waals surface area contributed by atoms with Gasteiger partial charge in [0.15, 0.2) is 0 Å². The van der Waals surface area contributed by atoms with Gasteiger partial charge >= 0.3 is 0 Å². The van der Waals surface area contributed by atoms with Crippen molar-refractivity contribution in [1.82, 2.24) is 0 Å². The summed E-state index contributed by atoms with van der Waals surface area (Å²) in [5, 5.41) is 10.2. The summed E-state index contributed by atoms with van der Waals surface area (Å²) in [4.78, 5) is 0. The van der Waals surface area contributed by atoms with Gasteiger partial charge in [0.25, 0.3) is 0 Å². The minimum Gasteiger partial charge on any atom is -0.490 e. The number of aliphatic hydroxyl groups excluding tert-OH is 1. The van der Waals surface area contributed by atoms with E-state index in [1.54, 1.807) is 0 Å². The largest absolute Gasteiger partial charge is 0.490 e. The Balaban J connectivity index is 1.68. The lowest BCUT2D eigenvalue weighted by Crippen LogP contribution is -2.26. The molecule has 0 fully saturated rings. The highest BCUT2D eigenvalue weighted by Crippen LogP contribution is 2.37. The Bertz CT molecular complexity index is 583. The molecule has 0 spiro atoms. The molecule has 1 unspecified atom stereocenters. The number of rotatable bonds is 3. The molecule has 20 heavy (non-hydrogen) atoms. The third-order valence-corrected chi connectivity index (χ3v) is 4.21. The molecule has 1 aliphatic rings.